The van der Waals surface area contributed by atoms with Crippen molar-refractivity contribution in [1.82, 2.24) is 9.97 Å². The van der Waals surface area contributed by atoms with E-state index in [0.29, 0.717) is 35.6 Å². The first-order valence-electron chi connectivity index (χ1n) is 7.75. The quantitative estimate of drug-likeness (QED) is 0.655. The highest BCUT2D eigenvalue weighted by molar-refractivity contribution is 5.85. The molecular weight excluding hydrogens is 341 g/mol. The van der Waals surface area contributed by atoms with Crippen LogP contribution in [0.15, 0.2) is 42.6 Å². The zero-order chi connectivity index (χ0) is 18.5. The Balaban J connectivity index is 1.93. The molecule has 2 N–H and O–H groups in total. The predicted molar refractivity (Wildman–Crippen MR) is 94.0 cm³/mol. The maximum absolute atomic E-state index is 14.4. The van der Waals surface area contributed by atoms with Crippen LogP contribution in [0.5, 0.6) is 5.75 Å². The Morgan fingerprint density at radius 3 is 2.85 bits per heavy atom. The first kappa shape index (κ1) is 17.6. The minimum atomic E-state index is -1.21. The van der Waals surface area contributed by atoms with Gasteiger partial charge in [-0.25, -0.2) is 19.2 Å². The number of benzene rings is 1. The molecule has 0 spiro atoms. The molecule has 134 valence electrons. The van der Waals surface area contributed by atoms with E-state index in [-0.39, 0.29) is 11.3 Å². The number of hydrogen-bond donors (Lipinski definition) is 2. The molecule has 0 radical (unpaired) electrons. The minimum absolute atomic E-state index is 0.166. The molecule has 0 aliphatic carbocycles. The van der Waals surface area contributed by atoms with Crippen molar-refractivity contribution in [3.63, 3.8) is 0 Å². The monoisotopic (exact) mass is 357 g/mol. The number of amides is 1. The summed E-state index contributed by atoms with van der Waals surface area (Å²) in [6, 6.07) is 9.63. The number of ether oxygens (including phenoxy) is 2. The molecule has 0 saturated heterocycles. The summed E-state index contributed by atoms with van der Waals surface area (Å²) in [6.45, 7) is 0.731. The molecule has 1 amide bonds. The fourth-order valence-electron chi connectivity index (χ4n) is 2.42. The topological polar surface area (TPSA) is 93.6 Å². The largest absolute Gasteiger partial charge is 0.491 e. The number of methoxy groups -OCH3 is 1. The first-order chi connectivity index (χ1) is 12.6. The number of carboxylic acid groups (broad SMARTS) is 1. The van der Waals surface area contributed by atoms with Gasteiger partial charge in [-0.05, 0) is 24.3 Å². The van der Waals surface area contributed by atoms with Gasteiger partial charge in [-0.15, -0.1) is 0 Å². The van der Waals surface area contributed by atoms with Gasteiger partial charge >= 0.3 is 6.09 Å². The van der Waals surface area contributed by atoms with Crippen LogP contribution in [0.2, 0.25) is 0 Å². The Kier molecular flexibility index (Phi) is 5.23. The highest BCUT2D eigenvalue weighted by Crippen LogP contribution is 2.27. The van der Waals surface area contributed by atoms with E-state index in [1.165, 1.54) is 18.3 Å². The van der Waals surface area contributed by atoms with E-state index in [2.05, 4.69) is 15.3 Å². The second-order valence-corrected chi connectivity index (χ2v) is 5.37. The second-order valence-electron chi connectivity index (χ2n) is 5.37. The Morgan fingerprint density at radius 1 is 1.23 bits per heavy atom. The number of nitrogens with zero attached hydrogens (tertiary/aromatic N) is 2. The van der Waals surface area contributed by atoms with Crippen molar-refractivity contribution in [2.45, 2.75) is 0 Å². The molecule has 3 aromatic rings. The minimum Gasteiger partial charge on any atom is -0.491 e. The van der Waals surface area contributed by atoms with Crippen LogP contribution in [0.3, 0.4) is 0 Å². The van der Waals surface area contributed by atoms with Gasteiger partial charge in [0.15, 0.2) is 5.82 Å². The molecule has 0 bridgehead atoms. The van der Waals surface area contributed by atoms with Gasteiger partial charge in [-0.2, -0.15) is 0 Å². The summed E-state index contributed by atoms with van der Waals surface area (Å²) >= 11 is 0. The molecule has 0 atom stereocenters. The van der Waals surface area contributed by atoms with Crippen molar-refractivity contribution in [2.24, 2.45) is 0 Å². The smallest absolute Gasteiger partial charge is 0.410 e. The van der Waals surface area contributed by atoms with Crippen LogP contribution in [-0.4, -0.2) is 41.5 Å². The molecule has 0 fully saturated rings. The van der Waals surface area contributed by atoms with E-state index in [4.69, 9.17) is 14.6 Å². The van der Waals surface area contributed by atoms with Gasteiger partial charge in [0.2, 0.25) is 0 Å². The number of aromatic nitrogens is 2. The molecule has 0 unspecified atom stereocenters. The third-order valence-corrected chi connectivity index (χ3v) is 3.57. The average Bonchev–Trinajstić information content (AvgIpc) is 2.61. The number of nitrogens with one attached hydrogen (secondary N) is 1. The molecule has 1 aromatic carbocycles. The summed E-state index contributed by atoms with van der Waals surface area (Å²) in [4.78, 5) is 19.0. The molecule has 0 aliphatic rings. The van der Waals surface area contributed by atoms with Crippen molar-refractivity contribution in [3.8, 4) is 17.0 Å². The lowest BCUT2D eigenvalue weighted by Gasteiger charge is -2.09. The van der Waals surface area contributed by atoms with Crippen LogP contribution in [0.25, 0.3) is 22.2 Å². The molecule has 0 saturated carbocycles. The van der Waals surface area contributed by atoms with Gasteiger partial charge in [-0.1, -0.05) is 6.07 Å². The molecule has 2 heterocycles. The Bertz CT molecular complexity index is 949. The maximum Gasteiger partial charge on any atom is 0.410 e. The van der Waals surface area contributed by atoms with E-state index >= 15 is 0 Å². The highest BCUT2D eigenvalue weighted by Gasteiger charge is 2.10. The van der Waals surface area contributed by atoms with Crippen LogP contribution in [-0.2, 0) is 4.74 Å². The van der Waals surface area contributed by atoms with Gasteiger partial charge < -0.3 is 14.6 Å². The van der Waals surface area contributed by atoms with E-state index in [1.807, 2.05) is 0 Å². The number of anilines is 1. The molecule has 8 heteroatoms. The zero-order valence-corrected chi connectivity index (χ0v) is 13.9. The molecule has 7 nitrogen and oxygen atoms in total. The van der Waals surface area contributed by atoms with E-state index in [1.54, 1.807) is 31.4 Å². The highest BCUT2D eigenvalue weighted by atomic mass is 19.1. The van der Waals surface area contributed by atoms with E-state index < -0.39 is 11.9 Å². The lowest BCUT2D eigenvalue weighted by Crippen LogP contribution is -2.08. The SMILES string of the molecule is COCCOc1cc(F)c2nc(-c3ccnc(NC(=O)O)c3)ccc2c1. The average molecular weight is 357 g/mol. The van der Waals surface area contributed by atoms with Crippen molar-refractivity contribution in [3.05, 3.63) is 48.4 Å². The van der Waals surface area contributed by atoms with Crippen molar-refractivity contribution in [1.29, 1.82) is 0 Å². The van der Waals surface area contributed by atoms with Crippen molar-refractivity contribution < 1.29 is 23.8 Å². The molecule has 26 heavy (non-hydrogen) atoms. The lowest BCUT2D eigenvalue weighted by atomic mass is 10.1. The maximum atomic E-state index is 14.4. The predicted octanol–water partition coefficient (Wildman–Crippen LogP) is 3.55. The molecular formula is C18H16FN3O4. The van der Waals surface area contributed by atoms with Gasteiger partial charge in [0, 0.05) is 30.3 Å². The van der Waals surface area contributed by atoms with Crippen molar-refractivity contribution >= 4 is 22.8 Å². The van der Waals surface area contributed by atoms with E-state index in [0.717, 1.165) is 0 Å². The lowest BCUT2D eigenvalue weighted by molar-refractivity contribution is 0.146. The standard InChI is InChI=1S/C18H16FN3O4/c1-25-6-7-26-13-8-12-2-3-15(21-17(12)14(19)10-13)11-4-5-20-16(9-11)22-18(23)24/h2-5,8-10H,6-7H2,1H3,(H,20,22)(H,23,24). The Labute approximate surface area is 148 Å². The number of pyridine rings is 2. The summed E-state index contributed by atoms with van der Waals surface area (Å²) < 4.78 is 24.8. The fraction of sp³-hybridized carbons (Fsp3) is 0.167. The number of carbonyl (C=O) groups is 1. The van der Waals surface area contributed by atoms with Gasteiger partial charge in [0.05, 0.1) is 12.3 Å². The van der Waals surface area contributed by atoms with Crippen LogP contribution in [0.4, 0.5) is 15.0 Å². The summed E-state index contributed by atoms with van der Waals surface area (Å²) in [5.41, 5.74) is 1.32. The summed E-state index contributed by atoms with van der Waals surface area (Å²) in [7, 11) is 1.56. The molecule has 2 aromatic heterocycles. The van der Waals surface area contributed by atoms with Crippen LogP contribution < -0.4 is 10.1 Å². The van der Waals surface area contributed by atoms with Gasteiger partial charge in [0.25, 0.3) is 0 Å². The van der Waals surface area contributed by atoms with Gasteiger partial charge in [-0.3, -0.25) is 5.32 Å². The Hall–Kier alpha value is -3.26. The zero-order valence-electron chi connectivity index (χ0n) is 13.9. The Morgan fingerprint density at radius 2 is 2.08 bits per heavy atom. The third kappa shape index (κ3) is 4.04. The van der Waals surface area contributed by atoms with E-state index in [9.17, 15) is 9.18 Å². The number of fused-ring (bicyclic) bond motifs is 1. The normalized spacial score (nSPS) is 10.7. The fourth-order valence-corrected chi connectivity index (χ4v) is 2.42. The van der Waals surface area contributed by atoms with Crippen LogP contribution in [0.1, 0.15) is 0 Å². The molecule has 0 aliphatic heterocycles. The van der Waals surface area contributed by atoms with Crippen molar-refractivity contribution in [2.75, 3.05) is 25.6 Å². The number of hydrogen-bond acceptors (Lipinski definition) is 5. The summed E-state index contributed by atoms with van der Waals surface area (Å²) in [5, 5.41) is 11.5. The second kappa shape index (κ2) is 7.75. The number of halogens is 1. The molecule has 3 rings (SSSR count). The first-order valence-corrected chi connectivity index (χ1v) is 7.75. The number of rotatable bonds is 6. The van der Waals surface area contributed by atoms with Crippen LogP contribution >= 0.6 is 0 Å². The summed E-state index contributed by atoms with van der Waals surface area (Å²) in [6.07, 6.45) is 0.239. The van der Waals surface area contributed by atoms with Crippen LogP contribution in [0, 0.1) is 5.82 Å². The van der Waals surface area contributed by atoms with Gasteiger partial charge in [0.1, 0.15) is 23.7 Å². The summed E-state index contributed by atoms with van der Waals surface area (Å²) in [5.74, 6) is 0.0624. The third-order valence-electron chi connectivity index (χ3n) is 3.57.